The number of carbonyl (C=O) groups is 3. The number of likely N-dealkylation sites (tertiary alicyclic amines) is 1. The summed E-state index contributed by atoms with van der Waals surface area (Å²) in [5.74, 6) is -0.293. The van der Waals surface area contributed by atoms with Gasteiger partial charge in [-0.3, -0.25) is 19.3 Å². The lowest BCUT2D eigenvalue weighted by Gasteiger charge is -2.22. The minimum Gasteiger partial charge on any atom is -0.466 e. The number of esters is 3. The predicted molar refractivity (Wildman–Crippen MR) is 258 cm³/mol. The van der Waals surface area contributed by atoms with Crippen molar-refractivity contribution < 1.29 is 28.6 Å². The van der Waals surface area contributed by atoms with Crippen molar-refractivity contribution in [1.82, 2.24) is 24.8 Å². The molecule has 0 radical (unpaired) electrons. The lowest BCUT2D eigenvalue weighted by Crippen LogP contribution is -2.38. The third kappa shape index (κ3) is 29.6. The van der Waals surface area contributed by atoms with Crippen LogP contribution in [0.3, 0.4) is 0 Å². The molecule has 63 heavy (non-hydrogen) atoms. The van der Waals surface area contributed by atoms with Crippen LogP contribution in [-0.4, -0.2) is 95.2 Å². The highest BCUT2D eigenvalue weighted by Crippen LogP contribution is 2.29. The van der Waals surface area contributed by atoms with Crippen molar-refractivity contribution in [2.24, 2.45) is 0 Å². The van der Waals surface area contributed by atoms with E-state index in [0.717, 1.165) is 102 Å². The lowest BCUT2D eigenvalue weighted by molar-refractivity contribution is -0.150. The number of hydrogen-bond donors (Lipinski definition) is 0. The summed E-state index contributed by atoms with van der Waals surface area (Å²) in [5.41, 5.74) is 0.912. The molecule has 1 aromatic heterocycles. The zero-order valence-corrected chi connectivity index (χ0v) is 41.6. The summed E-state index contributed by atoms with van der Waals surface area (Å²) in [6.45, 7) is 9.89. The molecular weight excluding hydrogens is 791 g/mol. The second-order valence-corrected chi connectivity index (χ2v) is 19.1. The molecule has 1 aliphatic heterocycles. The molecular formula is C52H97N5O6. The van der Waals surface area contributed by atoms with E-state index in [-0.39, 0.29) is 36.1 Å². The number of nitrogens with zero attached hydrogens (tertiary/aromatic N) is 5. The number of ether oxygens (including phenoxy) is 3. The molecule has 1 saturated heterocycles. The van der Waals surface area contributed by atoms with Gasteiger partial charge in [0.05, 0.1) is 31.1 Å². The first-order chi connectivity index (χ1) is 30.8. The van der Waals surface area contributed by atoms with Gasteiger partial charge in [0.2, 0.25) is 0 Å². The van der Waals surface area contributed by atoms with Crippen molar-refractivity contribution in [3.05, 3.63) is 11.9 Å². The Morgan fingerprint density at radius 2 is 1.10 bits per heavy atom. The van der Waals surface area contributed by atoms with Crippen molar-refractivity contribution in [1.29, 1.82) is 0 Å². The summed E-state index contributed by atoms with van der Waals surface area (Å²) in [5, 5.41) is 8.80. The molecule has 0 saturated carbocycles. The van der Waals surface area contributed by atoms with Gasteiger partial charge in [0.1, 0.15) is 12.1 Å². The molecule has 0 N–H and O–H groups in total. The number of aromatic nitrogens is 3. The van der Waals surface area contributed by atoms with Crippen LogP contribution >= 0.6 is 0 Å². The maximum atomic E-state index is 13.5. The number of hydrogen-bond acceptors (Lipinski definition) is 10. The van der Waals surface area contributed by atoms with E-state index in [4.69, 9.17) is 14.2 Å². The Morgan fingerprint density at radius 3 is 1.65 bits per heavy atom. The molecule has 0 aromatic carbocycles. The number of unbranched alkanes of at least 4 members (excludes halogenated alkanes) is 24. The molecule has 0 unspecified atom stereocenters. The van der Waals surface area contributed by atoms with Crippen molar-refractivity contribution >= 4 is 17.9 Å². The minimum absolute atomic E-state index is 0.0350. The summed E-state index contributed by atoms with van der Waals surface area (Å²) in [6, 6.07) is -0.273. The first-order valence-electron chi connectivity index (χ1n) is 26.6. The summed E-state index contributed by atoms with van der Waals surface area (Å²) in [4.78, 5) is 43.0. The fraction of sp³-hybridized carbons (Fsp3) is 0.904. The zero-order chi connectivity index (χ0) is 45.6. The van der Waals surface area contributed by atoms with Crippen LogP contribution in [0.4, 0.5) is 0 Å². The standard InChI is InChI=1S/C52H97N5O6/c1-6-9-12-15-18-19-20-25-33-40-61-50(58)37-31-27-32-39-56-45-47(57-44-46(53-54-57)43-55(4)5)42-49(56)52(60)62-41-34-26-21-24-30-38-51(59)63-48(35-28-22-16-13-10-7-2)36-29-23-17-14-11-8-3/h44,47-49H,6-43,45H2,1-5H3/t47-,49+/m1/s1. The second-order valence-electron chi connectivity index (χ2n) is 19.1. The average Bonchev–Trinajstić information content (AvgIpc) is 3.91. The van der Waals surface area contributed by atoms with E-state index < -0.39 is 0 Å². The summed E-state index contributed by atoms with van der Waals surface area (Å²) < 4.78 is 19.4. The van der Waals surface area contributed by atoms with E-state index in [1.54, 1.807) is 0 Å². The normalized spacial score (nSPS) is 15.5. The van der Waals surface area contributed by atoms with Gasteiger partial charge in [0, 0.05) is 25.9 Å². The van der Waals surface area contributed by atoms with Gasteiger partial charge in [-0.25, -0.2) is 4.68 Å². The highest BCUT2D eigenvalue weighted by atomic mass is 16.5. The molecule has 0 aliphatic carbocycles. The van der Waals surface area contributed by atoms with Gasteiger partial charge in [-0.15, -0.1) is 5.10 Å². The van der Waals surface area contributed by atoms with Crippen LogP contribution < -0.4 is 0 Å². The topological polar surface area (TPSA) is 116 Å². The Balaban J connectivity index is 1.69. The summed E-state index contributed by atoms with van der Waals surface area (Å²) in [7, 11) is 4.03. The van der Waals surface area contributed by atoms with Gasteiger partial charge in [0.15, 0.2) is 0 Å². The molecule has 2 heterocycles. The minimum atomic E-state index is -0.324. The smallest absolute Gasteiger partial charge is 0.323 e. The average molecular weight is 888 g/mol. The van der Waals surface area contributed by atoms with Crippen LogP contribution in [0.15, 0.2) is 6.20 Å². The van der Waals surface area contributed by atoms with E-state index in [1.807, 2.05) is 25.0 Å². The third-order valence-corrected chi connectivity index (χ3v) is 12.7. The molecule has 11 nitrogen and oxygen atoms in total. The maximum Gasteiger partial charge on any atom is 0.323 e. The van der Waals surface area contributed by atoms with Gasteiger partial charge >= 0.3 is 17.9 Å². The fourth-order valence-corrected chi connectivity index (χ4v) is 8.87. The summed E-state index contributed by atoms with van der Waals surface area (Å²) >= 11 is 0. The molecule has 2 atom stereocenters. The molecule has 2 rings (SSSR count). The van der Waals surface area contributed by atoms with E-state index >= 15 is 0 Å². The van der Waals surface area contributed by atoms with Crippen molar-refractivity contribution in [3.63, 3.8) is 0 Å². The summed E-state index contributed by atoms with van der Waals surface area (Å²) in [6.07, 6.45) is 39.2. The van der Waals surface area contributed by atoms with E-state index in [0.29, 0.717) is 45.6 Å². The molecule has 1 aromatic rings. The first kappa shape index (κ1) is 56.6. The Morgan fingerprint density at radius 1 is 0.619 bits per heavy atom. The van der Waals surface area contributed by atoms with Crippen LogP contribution in [0, 0.1) is 0 Å². The Bertz CT molecular complexity index is 1240. The van der Waals surface area contributed by atoms with Crippen LogP contribution in [0.2, 0.25) is 0 Å². The largest absolute Gasteiger partial charge is 0.466 e. The van der Waals surface area contributed by atoms with Gasteiger partial charge < -0.3 is 19.1 Å². The van der Waals surface area contributed by atoms with Gasteiger partial charge in [-0.05, 0) is 84.8 Å². The van der Waals surface area contributed by atoms with Crippen LogP contribution in [0.1, 0.15) is 251 Å². The SMILES string of the molecule is CCCCCCCCCCCOC(=O)CCCCCN1C[C@H](n2cc(CN(C)C)nn2)C[C@H]1C(=O)OCCCCCCCC(=O)OC(CCCCCCCC)CCCCCCCC. The van der Waals surface area contributed by atoms with Crippen molar-refractivity contribution in [3.8, 4) is 0 Å². The van der Waals surface area contributed by atoms with Gasteiger partial charge in [-0.1, -0.05) is 167 Å². The Labute approximate surface area is 386 Å². The van der Waals surface area contributed by atoms with Crippen LogP contribution in [0.5, 0.6) is 0 Å². The third-order valence-electron chi connectivity index (χ3n) is 12.7. The Kier molecular flexibility index (Phi) is 34.8. The molecule has 0 spiro atoms. The van der Waals surface area contributed by atoms with Crippen LogP contribution in [-0.2, 0) is 35.1 Å². The zero-order valence-electron chi connectivity index (χ0n) is 41.6. The van der Waals surface area contributed by atoms with E-state index in [2.05, 4.69) is 40.9 Å². The number of carbonyl (C=O) groups excluding carboxylic acids is 3. The highest BCUT2D eigenvalue weighted by Gasteiger charge is 2.39. The van der Waals surface area contributed by atoms with Gasteiger partial charge in [-0.2, -0.15) is 0 Å². The quantitative estimate of drug-likeness (QED) is 0.0356. The molecule has 366 valence electrons. The Hall–Kier alpha value is -2.53. The van der Waals surface area contributed by atoms with Crippen molar-refractivity contribution in [2.45, 2.75) is 264 Å². The van der Waals surface area contributed by atoms with E-state index in [9.17, 15) is 14.4 Å². The second kappa shape index (κ2) is 38.7. The lowest BCUT2D eigenvalue weighted by atomic mass is 10.0. The maximum absolute atomic E-state index is 13.5. The molecule has 0 bridgehead atoms. The van der Waals surface area contributed by atoms with Crippen LogP contribution in [0.25, 0.3) is 0 Å². The van der Waals surface area contributed by atoms with Gasteiger partial charge in [0.25, 0.3) is 0 Å². The highest BCUT2D eigenvalue weighted by molar-refractivity contribution is 5.76. The molecule has 1 fully saturated rings. The van der Waals surface area contributed by atoms with E-state index in [1.165, 1.54) is 109 Å². The molecule has 1 aliphatic rings. The predicted octanol–water partition coefficient (Wildman–Crippen LogP) is 12.9. The van der Waals surface area contributed by atoms with Crippen molar-refractivity contribution in [2.75, 3.05) is 40.4 Å². The monoisotopic (exact) mass is 888 g/mol. The molecule has 0 amide bonds. The number of rotatable bonds is 43. The fourth-order valence-electron chi connectivity index (χ4n) is 8.87. The molecule has 11 heteroatoms. The first-order valence-corrected chi connectivity index (χ1v) is 26.6.